The highest BCUT2D eigenvalue weighted by Crippen LogP contribution is 2.20. The van der Waals surface area contributed by atoms with Gasteiger partial charge < -0.3 is 10.1 Å². The van der Waals surface area contributed by atoms with Crippen LogP contribution in [-0.4, -0.2) is 67.4 Å². The maximum absolute atomic E-state index is 13.1. The summed E-state index contributed by atoms with van der Waals surface area (Å²) in [5, 5.41) is 2.49. The van der Waals surface area contributed by atoms with Crippen LogP contribution in [0, 0.1) is 11.7 Å². The first-order valence-electron chi connectivity index (χ1n) is 8.80. The largest absolute Gasteiger partial charge is 0.379 e. The van der Waals surface area contributed by atoms with Gasteiger partial charge in [-0.3, -0.25) is 24.4 Å². The summed E-state index contributed by atoms with van der Waals surface area (Å²) in [6.45, 7) is 4.75. The molecule has 0 saturated carbocycles. The van der Waals surface area contributed by atoms with Crippen molar-refractivity contribution in [3.05, 3.63) is 30.1 Å². The van der Waals surface area contributed by atoms with E-state index in [0.717, 1.165) is 39.3 Å². The van der Waals surface area contributed by atoms with Crippen molar-refractivity contribution in [2.45, 2.75) is 6.42 Å². The highest BCUT2D eigenvalue weighted by molar-refractivity contribution is 7.80. The number of carbonyl (C=O) groups excluding carboxylic acids is 2. The second-order valence-corrected chi connectivity index (χ2v) is 6.67. The van der Waals surface area contributed by atoms with Gasteiger partial charge >= 0.3 is 0 Å². The van der Waals surface area contributed by atoms with Gasteiger partial charge in [-0.2, -0.15) is 0 Å². The van der Waals surface area contributed by atoms with Crippen molar-refractivity contribution >= 4 is 41.0 Å². The van der Waals surface area contributed by atoms with Crippen LogP contribution in [0.3, 0.4) is 0 Å². The Balaban J connectivity index is 1.58. The van der Waals surface area contributed by atoms with Gasteiger partial charge in [0.2, 0.25) is 5.91 Å². The molecule has 2 fully saturated rings. The Bertz CT molecular complexity index is 735. The van der Waals surface area contributed by atoms with Crippen LogP contribution in [0.2, 0.25) is 0 Å². The smallest absolute Gasteiger partial charge is 0.251 e. The first kappa shape index (κ1) is 19.5. The molecule has 3 rings (SSSR count). The van der Waals surface area contributed by atoms with E-state index >= 15 is 0 Å². The van der Waals surface area contributed by atoms with Crippen LogP contribution in [0.1, 0.15) is 6.42 Å². The highest BCUT2D eigenvalue weighted by Gasteiger charge is 2.38. The summed E-state index contributed by atoms with van der Waals surface area (Å²) in [6.07, 6.45) is 2.20. The Kier molecular flexibility index (Phi) is 6.59. The molecule has 2 aliphatic heterocycles. The molecule has 0 aromatic heterocycles. The first-order chi connectivity index (χ1) is 13.1. The van der Waals surface area contributed by atoms with Crippen molar-refractivity contribution in [2.75, 3.05) is 44.3 Å². The number of rotatable bonds is 6. The summed E-state index contributed by atoms with van der Waals surface area (Å²) in [7, 11) is 0. The van der Waals surface area contributed by atoms with Crippen molar-refractivity contribution in [3.8, 4) is 0 Å². The topological polar surface area (TPSA) is 74.2 Å². The lowest BCUT2D eigenvalue weighted by atomic mass is 10.1. The molecule has 144 valence electrons. The van der Waals surface area contributed by atoms with Crippen LogP contribution in [0.4, 0.5) is 10.1 Å². The number of nitrogens with one attached hydrogen (secondary N) is 1. The normalized spacial score (nSPS) is 21.7. The zero-order valence-corrected chi connectivity index (χ0v) is 15.6. The molecule has 1 aromatic rings. The average molecular weight is 392 g/mol. The summed E-state index contributed by atoms with van der Waals surface area (Å²) in [4.78, 5) is 32.6. The van der Waals surface area contributed by atoms with Gasteiger partial charge in [0.15, 0.2) is 11.0 Å². The second-order valence-electron chi connectivity index (χ2n) is 6.28. The van der Waals surface area contributed by atoms with Gasteiger partial charge in [-0.15, -0.1) is 0 Å². The maximum atomic E-state index is 13.1. The molecule has 7 nitrogen and oxygen atoms in total. The molecule has 1 aromatic carbocycles. The third kappa shape index (κ3) is 4.94. The summed E-state index contributed by atoms with van der Waals surface area (Å²) in [5.41, 5.74) is 0.400. The number of halogens is 1. The third-order valence-corrected chi connectivity index (χ3v) is 4.69. The first-order valence-corrected chi connectivity index (χ1v) is 9.21. The van der Waals surface area contributed by atoms with Crippen LogP contribution < -0.4 is 10.2 Å². The molecule has 0 spiro atoms. The molecule has 27 heavy (non-hydrogen) atoms. The van der Waals surface area contributed by atoms with Gasteiger partial charge in [0.25, 0.3) is 5.91 Å². The average Bonchev–Trinajstić information content (AvgIpc) is 2.66. The van der Waals surface area contributed by atoms with Crippen molar-refractivity contribution in [1.82, 2.24) is 10.2 Å². The van der Waals surface area contributed by atoms with E-state index < -0.39 is 23.5 Å². The Hall–Kier alpha value is -2.23. The number of hydrogen-bond donors (Lipinski definition) is 1. The predicted molar refractivity (Wildman–Crippen MR) is 103 cm³/mol. The number of aliphatic imine (C=N–C) groups is 1. The zero-order valence-electron chi connectivity index (χ0n) is 14.8. The lowest BCUT2D eigenvalue weighted by Crippen LogP contribution is -2.58. The van der Waals surface area contributed by atoms with E-state index in [1.54, 1.807) is 0 Å². The van der Waals surface area contributed by atoms with Gasteiger partial charge in [0.05, 0.1) is 18.9 Å². The fourth-order valence-corrected chi connectivity index (χ4v) is 3.24. The Morgan fingerprint density at radius 3 is 2.67 bits per heavy atom. The molecule has 9 heteroatoms. The van der Waals surface area contributed by atoms with E-state index in [1.165, 1.54) is 35.4 Å². The third-order valence-electron chi connectivity index (χ3n) is 4.41. The van der Waals surface area contributed by atoms with Crippen molar-refractivity contribution in [2.24, 2.45) is 10.9 Å². The lowest BCUT2D eigenvalue weighted by Gasteiger charge is -2.30. The van der Waals surface area contributed by atoms with Gasteiger partial charge in [0, 0.05) is 32.4 Å². The number of amides is 2. The Morgan fingerprint density at radius 2 is 1.96 bits per heavy atom. The van der Waals surface area contributed by atoms with Crippen molar-refractivity contribution in [1.29, 1.82) is 0 Å². The van der Waals surface area contributed by atoms with Crippen LogP contribution in [0.5, 0.6) is 0 Å². The minimum atomic E-state index is -1.05. The van der Waals surface area contributed by atoms with Crippen LogP contribution in [0.15, 0.2) is 29.3 Å². The summed E-state index contributed by atoms with van der Waals surface area (Å²) < 4.78 is 18.4. The molecule has 0 bridgehead atoms. The molecule has 1 N–H and O–H groups in total. The molecule has 2 aliphatic rings. The van der Waals surface area contributed by atoms with Crippen LogP contribution in [0.25, 0.3) is 0 Å². The van der Waals surface area contributed by atoms with E-state index in [0.29, 0.717) is 12.2 Å². The molecule has 2 heterocycles. The van der Waals surface area contributed by atoms with E-state index in [1.807, 2.05) is 0 Å². The minimum absolute atomic E-state index is 0.0198. The minimum Gasteiger partial charge on any atom is -0.379 e. The SMILES string of the molecule is O=C1NC(=S)N(c2ccc(F)cc2)C(=O)[C@@H]1C=NCCCN1CCOCC1. The molecular weight excluding hydrogens is 371 g/mol. The van der Waals surface area contributed by atoms with E-state index in [-0.39, 0.29) is 5.11 Å². The van der Waals surface area contributed by atoms with Crippen LogP contribution in [-0.2, 0) is 14.3 Å². The zero-order chi connectivity index (χ0) is 19.2. The summed E-state index contributed by atoms with van der Waals surface area (Å²) >= 11 is 5.09. The number of ether oxygens (including phenoxy) is 1. The molecule has 0 radical (unpaired) electrons. The molecule has 0 unspecified atom stereocenters. The molecule has 2 amide bonds. The number of nitrogens with zero attached hydrogens (tertiary/aromatic N) is 3. The predicted octanol–water partition coefficient (Wildman–Crippen LogP) is 0.983. The lowest BCUT2D eigenvalue weighted by molar-refractivity contribution is -0.130. The Labute approximate surface area is 162 Å². The Morgan fingerprint density at radius 1 is 1.26 bits per heavy atom. The monoisotopic (exact) mass is 392 g/mol. The molecule has 2 saturated heterocycles. The number of hydrogen-bond acceptors (Lipinski definition) is 6. The number of benzene rings is 1. The van der Waals surface area contributed by atoms with Crippen LogP contribution >= 0.6 is 12.2 Å². The number of carbonyl (C=O) groups is 2. The number of thiocarbonyl (C=S) groups is 1. The summed E-state index contributed by atoms with van der Waals surface area (Å²) in [5.74, 6) is -2.46. The quantitative estimate of drug-likeness (QED) is 0.338. The molecule has 1 atom stereocenters. The second kappa shape index (κ2) is 9.12. The van der Waals surface area contributed by atoms with Gasteiger partial charge in [-0.1, -0.05) is 0 Å². The maximum Gasteiger partial charge on any atom is 0.251 e. The van der Waals surface area contributed by atoms with E-state index in [9.17, 15) is 14.0 Å². The van der Waals surface area contributed by atoms with Gasteiger partial charge in [-0.25, -0.2) is 4.39 Å². The fraction of sp³-hybridized carbons (Fsp3) is 0.444. The fourth-order valence-electron chi connectivity index (χ4n) is 2.95. The number of anilines is 1. The molecular formula is C18H21FN4O3S. The number of morpholine rings is 1. The highest BCUT2D eigenvalue weighted by atomic mass is 32.1. The standard InChI is InChI=1S/C18H21FN4O3S/c19-13-2-4-14(5-3-13)23-17(25)15(16(24)21-18(23)27)12-20-6-1-7-22-8-10-26-11-9-22/h2-5,12,15H,1,6-11H2,(H,21,24,27)/t15-/m1/s1. The van der Waals surface area contributed by atoms with Gasteiger partial charge in [0.1, 0.15) is 5.82 Å². The van der Waals surface area contributed by atoms with Crippen molar-refractivity contribution in [3.63, 3.8) is 0 Å². The summed E-state index contributed by atoms with van der Waals surface area (Å²) in [6, 6.07) is 5.34. The van der Waals surface area contributed by atoms with E-state index in [4.69, 9.17) is 17.0 Å². The van der Waals surface area contributed by atoms with Crippen molar-refractivity contribution < 1.29 is 18.7 Å². The van der Waals surface area contributed by atoms with Gasteiger partial charge in [-0.05, 0) is 42.9 Å². The van der Waals surface area contributed by atoms with E-state index in [2.05, 4.69) is 15.2 Å². The molecule has 0 aliphatic carbocycles.